The van der Waals surface area contributed by atoms with E-state index in [1.807, 2.05) is 30.3 Å². The van der Waals surface area contributed by atoms with Crippen LogP contribution in [0.15, 0.2) is 58.7 Å². The van der Waals surface area contributed by atoms with Crippen LogP contribution in [0, 0.1) is 5.82 Å². The zero-order chi connectivity index (χ0) is 13.9. The van der Waals surface area contributed by atoms with Crippen LogP contribution in [-0.4, -0.2) is 9.97 Å². The number of fused-ring (bicyclic) bond motifs is 1. The molecule has 20 heavy (non-hydrogen) atoms. The van der Waals surface area contributed by atoms with E-state index >= 15 is 0 Å². The zero-order valence-corrected chi connectivity index (χ0v) is 11.4. The first-order chi connectivity index (χ1) is 9.79. The molecule has 100 valence electrons. The fraction of sp³-hybridized carbons (Fsp3) is 0.0667. The highest BCUT2D eigenvalue weighted by Crippen LogP contribution is 2.34. The number of halogens is 1. The van der Waals surface area contributed by atoms with Gasteiger partial charge in [-0.25, -0.2) is 14.4 Å². The zero-order valence-electron chi connectivity index (χ0n) is 10.6. The van der Waals surface area contributed by atoms with Crippen LogP contribution in [0.4, 0.5) is 4.39 Å². The molecule has 0 saturated heterocycles. The first-order valence-corrected chi connectivity index (χ1v) is 6.96. The minimum atomic E-state index is -0.277. The molecule has 0 fully saturated rings. The fourth-order valence-electron chi connectivity index (χ4n) is 1.99. The predicted molar refractivity (Wildman–Crippen MR) is 78.0 cm³/mol. The molecule has 0 aliphatic rings. The van der Waals surface area contributed by atoms with E-state index in [-0.39, 0.29) is 5.82 Å². The normalized spacial score (nSPS) is 10.9. The van der Waals surface area contributed by atoms with Gasteiger partial charge in [-0.15, -0.1) is 0 Å². The van der Waals surface area contributed by atoms with Crippen LogP contribution in [0.25, 0.3) is 10.9 Å². The Balaban J connectivity index is 2.10. The molecule has 0 atom stereocenters. The Kier molecular flexibility index (Phi) is 3.62. The second-order valence-electron chi connectivity index (χ2n) is 4.23. The van der Waals surface area contributed by atoms with Crippen molar-refractivity contribution in [2.45, 2.75) is 16.5 Å². The summed E-state index contributed by atoms with van der Waals surface area (Å²) in [5, 5.41) is 1.64. The number of para-hydroxylation sites is 1. The molecule has 0 saturated carbocycles. The van der Waals surface area contributed by atoms with Gasteiger partial charge in [-0.2, -0.15) is 0 Å². The molecule has 3 nitrogen and oxygen atoms in total. The van der Waals surface area contributed by atoms with Gasteiger partial charge in [0.15, 0.2) is 0 Å². The second kappa shape index (κ2) is 5.56. The van der Waals surface area contributed by atoms with Crippen molar-refractivity contribution in [3.05, 3.63) is 60.2 Å². The molecule has 0 amide bonds. The third-order valence-corrected chi connectivity index (χ3v) is 4.15. The SMILES string of the molecule is NCc1cccc(F)c1Sc1ncnc2ccccc12. The second-order valence-corrected chi connectivity index (χ2v) is 5.23. The van der Waals surface area contributed by atoms with Crippen molar-refractivity contribution in [2.75, 3.05) is 0 Å². The van der Waals surface area contributed by atoms with Crippen LogP contribution in [0.5, 0.6) is 0 Å². The number of nitrogens with zero attached hydrogens (tertiary/aromatic N) is 2. The van der Waals surface area contributed by atoms with E-state index in [0.29, 0.717) is 11.4 Å². The first kappa shape index (κ1) is 13.0. The third-order valence-electron chi connectivity index (χ3n) is 2.97. The Morgan fingerprint density at radius 3 is 2.75 bits per heavy atom. The average molecular weight is 285 g/mol. The highest BCUT2D eigenvalue weighted by Gasteiger charge is 2.12. The van der Waals surface area contributed by atoms with Crippen LogP contribution in [0.3, 0.4) is 0 Å². The predicted octanol–water partition coefficient (Wildman–Crippen LogP) is 3.38. The number of hydrogen-bond acceptors (Lipinski definition) is 4. The van der Waals surface area contributed by atoms with E-state index in [1.165, 1.54) is 24.2 Å². The van der Waals surface area contributed by atoms with Crippen LogP contribution < -0.4 is 5.73 Å². The molecule has 1 aromatic heterocycles. The van der Waals surface area contributed by atoms with Crippen LogP contribution >= 0.6 is 11.8 Å². The van der Waals surface area contributed by atoms with Crippen molar-refractivity contribution >= 4 is 22.7 Å². The molecule has 2 N–H and O–H groups in total. The van der Waals surface area contributed by atoms with Crippen molar-refractivity contribution in [3.63, 3.8) is 0 Å². The van der Waals surface area contributed by atoms with E-state index in [9.17, 15) is 4.39 Å². The highest BCUT2D eigenvalue weighted by molar-refractivity contribution is 7.99. The molecule has 0 radical (unpaired) electrons. The maximum absolute atomic E-state index is 14.0. The Hall–Kier alpha value is -1.98. The summed E-state index contributed by atoms with van der Waals surface area (Å²) in [6.45, 7) is 0.295. The Labute approximate surface area is 120 Å². The number of hydrogen-bond donors (Lipinski definition) is 1. The van der Waals surface area contributed by atoms with Gasteiger partial charge in [-0.3, -0.25) is 0 Å². The standard InChI is InChI=1S/C15H12FN3S/c16-12-6-3-4-10(8-17)14(12)20-15-11-5-1-2-7-13(11)18-9-19-15/h1-7,9H,8,17H2. The molecular formula is C15H12FN3S. The maximum atomic E-state index is 14.0. The Bertz CT molecular complexity index is 756. The van der Waals surface area contributed by atoms with E-state index < -0.39 is 0 Å². The van der Waals surface area contributed by atoms with Gasteiger partial charge >= 0.3 is 0 Å². The summed E-state index contributed by atoms with van der Waals surface area (Å²) < 4.78 is 14.0. The molecule has 0 spiro atoms. The summed E-state index contributed by atoms with van der Waals surface area (Å²) in [6, 6.07) is 12.6. The van der Waals surface area contributed by atoms with Gasteiger partial charge in [0.05, 0.1) is 10.4 Å². The van der Waals surface area contributed by atoms with E-state index in [2.05, 4.69) is 9.97 Å². The van der Waals surface area contributed by atoms with Gasteiger partial charge in [0.25, 0.3) is 0 Å². The molecule has 0 aliphatic carbocycles. The lowest BCUT2D eigenvalue weighted by Gasteiger charge is -2.09. The van der Waals surface area contributed by atoms with Crippen LogP contribution in [0.2, 0.25) is 0 Å². The molecule has 0 unspecified atom stereocenters. The van der Waals surface area contributed by atoms with Gasteiger partial charge in [0, 0.05) is 11.9 Å². The molecule has 2 aromatic carbocycles. The van der Waals surface area contributed by atoms with Gasteiger partial charge in [-0.05, 0) is 17.7 Å². The van der Waals surface area contributed by atoms with Crippen molar-refractivity contribution in [2.24, 2.45) is 5.73 Å². The summed E-state index contributed by atoms with van der Waals surface area (Å²) in [6.07, 6.45) is 1.49. The van der Waals surface area contributed by atoms with E-state index in [4.69, 9.17) is 5.73 Å². The van der Waals surface area contributed by atoms with Gasteiger partial charge in [0.2, 0.25) is 0 Å². The average Bonchev–Trinajstić information content (AvgIpc) is 2.49. The number of rotatable bonds is 3. The van der Waals surface area contributed by atoms with Gasteiger partial charge in [0.1, 0.15) is 17.2 Å². The van der Waals surface area contributed by atoms with E-state index in [1.54, 1.807) is 6.07 Å². The number of nitrogens with two attached hydrogens (primary N) is 1. The minimum absolute atomic E-state index is 0.277. The van der Waals surface area contributed by atoms with Crippen molar-refractivity contribution < 1.29 is 4.39 Å². The summed E-state index contributed by atoms with van der Waals surface area (Å²) in [7, 11) is 0. The monoisotopic (exact) mass is 285 g/mol. The quantitative estimate of drug-likeness (QED) is 0.750. The molecular weight excluding hydrogens is 273 g/mol. The summed E-state index contributed by atoms with van der Waals surface area (Å²) in [4.78, 5) is 9.00. The summed E-state index contributed by atoms with van der Waals surface area (Å²) in [5.41, 5.74) is 7.29. The smallest absolute Gasteiger partial charge is 0.137 e. The van der Waals surface area contributed by atoms with Gasteiger partial charge in [-0.1, -0.05) is 42.1 Å². The lowest BCUT2D eigenvalue weighted by atomic mass is 10.2. The van der Waals surface area contributed by atoms with Crippen molar-refractivity contribution in [3.8, 4) is 0 Å². The fourth-order valence-corrected chi connectivity index (χ4v) is 3.01. The largest absolute Gasteiger partial charge is 0.326 e. The summed E-state index contributed by atoms with van der Waals surface area (Å²) >= 11 is 1.29. The Morgan fingerprint density at radius 2 is 1.90 bits per heavy atom. The number of aromatic nitrogens is 2. The Morgan fingerprint density at radius 1 is 1.05 bits per heavy atom. The molecule has 1 heterocycles. The van der Waals surface area contributed by atoms with Crippen molar-refractivity contribution in [1.29, 1.82) is 0 Å². The van der Waals surface area contributed by atoms with Crippen LogP contribution in [0.1, 0.15) is 5.56 Å². The molecule has 3 aromatic rings. The topological polar surface area (TPSA) is 51.8 Å². The lowest BCUT2D eigenvalue weighted by molar-refractivity contribution is 0.597. The highest BCUT2D eigenvalue weighted by atomic mass is 32.2. The first-order valence-electron chi connectivity index (χ1n) is 6.14. The summed E-state index contributed by atoms with van der Waals surface area (Å²) in [5.74, 6) is -0.277. The lowest BCUT2D eigenvalue weighted by Crippen LogP contribution is -2.00. The maximum Gasteiger partial charge on any atom is 0.137 e. The van der Waals surface area contributed by atoms with Crippen molar-refractivity contribution in [1.82, 2.24) is 9.97 Å². The number of benzene rings is 2. The molecule has 0 aliphatic heterocycles. The minimum Gasteiger partial charge on any atom is -0.326 e. The van der Waals surface area contributed by atoms with Crippen LogP contribution in [-0.2, 0) is 6.54 Å². The van der Waals surface area contributed by atoms with Gasteiger partial charge < -0.3 is 5.73 Å². The van der Waals surface area contributed by atoms with E-state index in [0.717, 1.165) is 21.5 Å². The molecule has 0 bridgehead atoms. The molecule has 3 rings (SSSR count). The third kappa shape index (κ3) is 2.37. The molecule has 5 heteroatoms.